The predicted octanol–water partition coefficient (Wildman–Crippen LogP) is 0.316. The minimum absolute atomic E-state index is 0.0598. The number of rotatable bonds is 2. The number of nitrogens with zero attached hydrogens (tertiary/aromatic N) is 6. The summed E-state index contributed by atoms with van der Waals surface area (Å²) in [5.41, 5.74) is 0.677. The lowest BCUT2D eigenvalue weighted by Gasteiger charge is -2.40. The Morgan fingerprint density at radius 3 is 2.15 bits per heavy atom. The van der Waals surface area contributed by atoms with Crippen LogP contribution in [0.1, 0.15) is 12.8 Å². The number of amides is 4. The molecule has 2 fully saturated rings. The molecule has 1 spiro atoms. The number of benzene rings is 1. The summed E-state index contributed by atoms with van der Waals surface area (Å²) < 4.78 is 0. The highest BCUT2D eigenvalue weighted by molar-refractivity contribution is 6.06. The number of hydrogen-bond acceptors (Lipinski definition) is 5. The fourth-order valence-corrected chi connectivity index (χ4v) is 3.82. The molecule has 0 aliphatic carbocycles. The maximum atomic E-state index is 12.6. The Hall–Kier alpha value is -2.97. The summed E-state index contributed by atoms with van der Waals surface area (Å²) in [6.07, 6.45) is 0.886. The fourth-order valence-electron chi connectivity index (χ4n) is 3.82. The van der Waals surface area contributed by atoms with Crippen LogP contribution in [-0.2, 0) is 16.1 Å². The maximum absolute atomic E-state index is 12.6. The molecule has 0 unspecified atom stereocenters. The number of likely N-dealkylation sites (tertiary alicyclic amines) is 1. The van der Waals surface area contributed by atoms with Gasteiger partial charge < -0.3 is 9.80 Å². The van der Waals surface area contributed by atoms with Crippen LogP contribution >= 0.6 is 0 Å². The maximum Gasteiger partial charge on any atom is 0.327 e. The van der Waals surface area contributed by atoms with Gasteiger partial charge in [-0.2, -0.15) is 15.0 Å². The number of piperidine rings is 1. The van der Waals surface area contributed by atoms with Crippen molar-refractivity contribution in [1.82, 2.24) is 29.7 Å². The van der Waals surface area contributed by atoms with Gasteiger partial charge in [0.05, 0.1) is 0 Å². The molecule has 2 aliphatic rings. The minimum Gasteiger partial charge on any atom is -0.341 e. The average Bonchev–Trinajstić information content (AvgIpc) is 3.12. The summed E-state index contributed by atoms with van der Waals surface area (Å²) in [5, 5.41) is 8.61. The van der Waals surface area contributed by atoms with E-state index in [1.165, 1.54) is 16.7 Å². The normalized spacial score (nSPS) is 19.8. The monoisotopic (exact) mass is 356 g/mol. The van der Waals surface area contributed by atoms with Crippen LogP contribution < -0.4 is 0 Å². The Morgan fingerprint density at radius 2 is 1.65 bits per heavy atom. The van der Waals surface area contributed by atoms with E-state index in [-0.39, 0.29) is 24.4 Å². The van der Waals surface area contributed by atoms with Crippen LogP contribution in [0.2, 0.25) is 0 Å². The van der Waals surface area contributed by atoms with Crippen molar-refractivity contribution >= 4 is 28.9 Å². The smallest absolute Gasteiger partial charge is 0.327 e. The summed E-state index contributed by atoms with van der Waals surface area (Å²) in [5.74, 6) is -0.273. The topological polar surface area (TPSA) is 91.6 Å². The van der Waals surface area contributed by atoms with Gasteiger partial charge >= 0.3 is 6.03 Å². The van der Waals surface area contributed by atoms with E-state index in [1.54, 1.807) is 11.9 Å². The van der Waals surface area contributed by atoms with Crippen molar-refractivity contribution in [3.05, 3.63) is 24.3 Å². The summed E-state index contributed by atoms with van der Waals surface area (Å²) in [6, 6.07) is 7.16. The number of likely N-dealkylation sites (N-methyl/N-ethyl adjacent to an activating group) is 2. The highest BCUT2D eigenvalue weighted by Crippen LogP contribution is 2.35. The first-order chi connectivity index (χ1) is 12.4. The van der Waals surface area contributed by atoms with Crippen molar-refractivity contribution in [2.75, 3.05) is 27.2 Å². The Kier molecular flexibility index (Phi) is 3.67. The zero-order valence-electron chi connectivity index (χ0n) is 14.8. The van der Waals surface area contributed by atoms with E-state index in [4.69, 9.17) is 0 Å². The van der Waals surface area contributed by atoms with E-state index in [2.05, 4.69) is 10.2 Å². The van der Waals surface area contributed by atoms with Crippen molar-refractivity contribution in [2.24, 2.45) is 0 Å². The third kappa shape index (κ3) is 2.34. The van der Waals surface area contributed by atoms with Crippen LogP contribution in [0.5, 0.6) is 0 Å². The number of aromatic nitrogens is 3. The molecule has 0 N–H and O–H groups in total. The zero-order chi connectivity index (χ0) is 18.5. The van der Waals surface area contributed by atoms with Crippen LogP contribution in [0.15, 0.2) is 24.3 Å². The largest absolute Gasteiger partial charge is 0.341 e. The molecule has 136 valence electrons. The second kappa shape index (κ2) is 5.79. The first-order valence-corrected chi connectivity index (χ1v) is 8.56. The molecular weight excluding hydrogens is 336 g/mol. The Labute approximate surface area is 150 Å². The lowest BCUT2D eigenvalue weighted by Crippen LogP contribution is -2.56. The summed E-state index contributed by atoms with van der Waals surface area (Å²) >= 11 is 0. The van der Waals surface area contributed by atoms with E-state index in [1.807, 2.05) is 24.3 Å². The number of fused-ring (bicyclic) bond motifs is 1. The number of imide groups is 1. The number of urea groups is 1. The van der Waals surface area contributed by atoms with Gasteiger partial charge in [0.15, 0.2) is 0 Å². The first kappa shape index (κ1) is 16.5. The Morgan fingerprint density at radius 1 is 1.08 bits per heavy atom. The molecule has 4 amide bonds. The number of carbonyl (C=O) groups excluding carboxylic acids is 3. The van der Waals surface area contributed by atoms with E-state index >= 15 is 0 Å². The molecule has 1 aromatic heterocycles. The third-order valence-electron chi connectivity index (χ3n) is 5.47. The molecule has 0 bridgehead atoms. The van der Waals surface area contributed by atoms with Gasteiger partial charge in [-0.05, 0) is 25.0 Å². The molecular formula is C17H20N6O3. The van der Waals surface area contributed by atoms with E-state index < -0.39 is 5.54 Å². The molecule has 0 atom stereocenters. The predicted molar refractivity (Wildman–Crippen MR) is 92.0 cm³/mol. The quantitative estimate of drug-likeness (QED) is 0.723. The second-order valence-corrected chi connectivity index (χ2v) is 6.84. The molecule has 3 heterocycles. The Balaban J connectivity index is 1.44. The third-order valence-corrected chi connectivity index (χ3v) is 5.47. The molecule has 1 aromatic carbocycles. The summed E-state index contributed by atoms with van der Waals surface area (Å²) in [6.45, 7) is 0.915. The highest BCUT2D eigenvalue weighted by Gasteiger charge is 2.55. The van der Waals surface area contributed by atoms with Crippen molar-refractivity contribution < 1.29 is 14.4 Å². The molecule has 9 nitrogen and oxygen atoms in total. The SMILES string of the molecule is CN1C(=O)N(C)C2(CCN(C(=O)Cn3nc4ccccc4n3)CC2)C1=O. The van der Waals surface area contributed by atoms with Crippen LogP contribution in [0.3, 0.4) is 0 Å². The van der Waals surface area contributed by atoms with E-state index in [0.717, 1.165) is 15.9 Å². The van der Waals surface area contributed by atoms with Crippen LogP contribution in [0.4, 0.5) is 4.79 Å². The molecule has 2 aliphatic heterocycles. The molecule has 9 heteroatoms. The lowest BCUT2D eigenvalue weighted by atomic mass is 9.86. The molecule has 4 rings (SSSR count). The number of carbonyl (C=O) groups is 3. The first-order valence-electron chi connectivity index (χ1n) is 8.56. The molecule has 0 radical (unpaired) electrons. The summed E-state index contributed by atoms with van der Waals surface area (Å²) in [7, 11) is 3.15. The van der Waals surface area contributed by atoms with E-state index in [9.17, 15) is 14.4 Å². The van der Waals surface area contributed by atoms with Gasteiger partial charge in [0.25, 0.3) is 5.91 Å². The van der Waals surface area contributed by atoms with Crippen LogP contribution in [0, 0.1) is 0 Å². The second-order valence-electron chi connectivity index (χ2n) is 6.84. The number of hydrogen-bond donors (Lipinski definition) is 0. The standard InChI is InChI=1S/C17H20N6O3/c1-20-15(25)17(21(2)16(20)26)7-9-22(10-8-17)14(24)11-23-18-12-5-3-4-6-13(12)19-23/h3-6H,7-11H2,1-2H3. The van der Waals surface area contributed by atoms with Gasteiger partial charge in [-0.3, -0.25) is 14.5 Å². The average molecular weight is 356 g/mol. The highest BCUT2D eigenvalue weighted by atomic mass is 16.2. The summed E-state index contributed by atoms with van der Waals surface area (Å²) in [4.78, 5) is 42.9. The van der Waals surface area contributed by atoms with Crippen LogP contribution in [-0.4, -0.2) is 80.3 Å². The van der Waals surface area contributed by atoms with Crippen LogP contribution in [0.25, 0.3) is 11.0 Å². The minimum atomic E-state index is -0.818. The van der Waals surface area contributed by atoms with Gasteiger partial charge in [-0.1, -0.05) is 12.1 Å². The Bertz CT molecular complexity index is 866. The molecule has 2 aromatic rings. The van der Waals surface area contributed by atoms with Gasteiger partial charge in [-0.15, -0.1) is 0 Å². The van der Waals surface area contributed by atoms with Gasteiger partial charge in [0, 0.05) is 27.2 Å². The molecule has 0 saturated carbocycles. The lowest BCUT2D eigenvalue weighted by molar-refractivity contribution is -0.140. The molecule has 26 heavy (non-hydrogen) atoms. The van der Waals surface area contributed by atoms with Crippen molar-refractivity contribution in [3.8, 4) is 0 Å². The van der Waals surface area contributed by atoms with E-state index in [0.29, 0.717) is 25.9 Å². The zero-order valence-corrected chi connectivity index (χ0v) is 14.8. The van der Waals surface area contributed by atoms with Gasteiger partial charge in [0.1, 0.15) is 23.1 Å². The van der Waals surface area contributed by atoms with Crippen molar-refractivity contribution in [3.63, 3.8) is 0 Å². The fraction of sp³-hybridized carbons (Fsp3) is 0.471. The van der Waals surface area contributed by atoms with Gasteiger partial charge in [-0.25, -0.2) is 4.79 Å². The van der Waals surface area contributed by atoms with Crippen molar-refractivity contribution in [2.45, 2.75) is 24.9 Å². The molecule has 2 saturated heterocycles. The van der Waals surface area contributed by atoms with Crippen molar-refractivity contribution in [1.29, 1.82) is 0 Å². The van der Waals surface area contributed by atoms with Gasteiger partial charge in [0.2, 0.25) is 5.91 Å².